The highest BCUT2D eigenvalue weighted by atomic mass is 16.5. The molecule has 3 N–H and O–H groups in total. The van der Waals surface area contributed by atoms with Crippen LogP contribution in [-0.4, -0.2) is 61.3 Å². The van der Waals surface area contributed by atoms with Gasteiger partial charge in [0.25, 0.3) is 17.4 Å². The molecule has 260 valence electrons. The molecule has 0 atom stereocenters. The first-order valence-corrected chi connectivity index (χ1v) is 16.5. The average molecular weight is 669 g/mol. The number of anilines is 1. The molecule has 0 unspecified atom stereocenters. The van der Waals surface area contributed by atoms with Crippen molar-refractivity contribution in [1.29, 1.82) is 0 Å². The van der Waals surface area contributed by atoms with E-state index in [1.54, 1.807) is 77.9 Å². The zero-order chi connectivity index (χ0) is 36.1. The number of nitrogens with zero attached hydrogens (tertiary/aromatic N) is 3. The van der Waals surface area contributed by atoms with Gasteiger partial charge in [-0.3, -0.25) is 24.2 Å². The first kappa shape index (κ1) is 38.0. The number of allylic oxidation sites excluding steroid dienone is 1. The Morgan fingerprint density at radius 2 is 1.76 bits per heavy atom. The second kappa shape index (κ2) is 18.2. The molecule has 3 amide bonds. The number of hydrogen-bond acceptors (Lipinski definition) is 7. The van der Waals surface area contributed by atoms with Crippen LogP contribution in [0, 0.1) is 5.92 Å². The lowest BCUT2D eigenvalue weighted by Gasteiger charge is -2.20. The van der Waals surface area contributed by atoms with Gasteiger partial charge in [-0.1, -0.05) is 57.2 Å². The van der Waals surface area contributed by atoms with Crippen LogP contribution in [0.3, 0.4) is 0 Å². The van der Waals surface area contributed by atoms with Crippen molar-refractivity contribution in [1.82, 2.24) is 20.1 Å². The summed E-state index contributed by atoms with van der Waals surface area (Å²) in [5.74, 6) is 0.202. The van der Waals surface area contributed by atoms with E-state index in [4.69, 9.17) is 4.74 Å². The lowest BCUT2D eigenvalue weighted by molar-refractivity contribution is -0.121. The number of amidine groups is 1. The number of aliphatic imine (C=N–C) groups is 1. The number of benzene rings is 2. The Bertz CT molecular complexity index is 1780. The molecule has 1 fully saturated rings. The predicted molar refractivity (Wildman–Crippen MR) is 196 cm³/mol. The minimum absolute atomic E-state index is 0.0158. The Balaban J connectivity index is 0.00000319. The lowest BCUT2D eigenvalue weighted by Crippen LogP contribution is -2.32. The van der Waals surface area contributed by atoms with E-state index in [-0.39, 0.29) is 35.7 Å². The molecule has 1 heterocycles. The third-order valence-electron chi connectivity index (χ3n) is 7.78. The molecule has 49 heavy (non-hydrogen) atoms. The molecule has 2 aromatic carbocycles. The molecule has 0 bridgehead atoms. The van der Waals surface area contributed by atoms with Crippen LogP contribution in [0.25, 0.3) is 11.1 Å². The summed E-state index contributed by atoms with van der Waals surface area (Å²) in [6.45, 7) is 6.12. The number of para-hydroxylation sites is 1. The van der Waals surface area contributed by atoms with Crippen molar-refractivity contribution in [3.8, 4) is 16.9 Å². The molecule has 0 radical (unpaired) electrons. The van der Waals surface area contributed by atoms with Gasteiger partial charge in [-0.05, 0) is 49.1 Å². The molecular weight excluding hydrogens is 620 g/mol. The quantitative estimate of drug-likeness (QED) is 0.104. The minimum Gasteiger partial charge on any atom is -0.494 e. The van der Waals surface area contributed by atoms with Gasteiger partial charge < -0.3 is 30.2 Å². The molecule has 1 aliphatic rings. The summed E-state index contributed by atoms with van der Waals surface area (Å²) in [6.07, 6.45) is 7.41. The maximum Gasteiger partial charge on any atom is 0.255 e. The molecule has 1 aliphatic carbocycles. The number of carbonyl (C=O) groups excluding carboxylic acids is 3. The van der Waals surface area contributed by atoms with Crippen molar-refractivity contribution in [2.45, 2.75) is 46.6 Å². The molecule has 3 aromatic rings. The SMILES string of the molecule is CC.CC/C=C(C(=O)NC)/C(=C\C(=NC)NC(=O)C1CC1)Nc1cccc(-c2ccc(C(=O)N(C)Cc3cccn(C)c3=O)cc2)c1OC. The van der Waals surface area contributed by atoms with Gasteiger partial charge in [-0.25, -0.2) is 0 Å². The first-order chi connectivity index (χ1) is 23.6. The number of aromatic nitrogens is 1. The summed E-state index contributed by atoms with van der Waals surface area (Å²) in [6, 6.07) is 16.2. The van der Waals surface area contributed by atoms with E-state index in [9.17, 15) is 19.2 Å². The second-order valence-electron chi connectivity index (χ2n) is 11.2. The van der Waals surface area contributed by atoms with Crippen LogP contribution in [-0.2, 0) is 23.2 Å². The van der Waals surface area contributed by atoms with Crippen molar-refractivity contribution in [2.75, 3.05) is 33.6 Å². The standard InChI is InChI=1S/C36H42N6O5.C2H6/c1-7-10-28(34(44)38-3)30(21-31(37-2)40-33(43)24-16-17-24)39-29-13-8-12-27(32(29)47-6)23-14-18-25(19-15-23)35(45)42(5)22-26-11-9-20-41(4)36(26)46;1-2/h8-15,18-21,24,39H,7,16-17,22H2,1-6H3,(H,38,44)(H,37,40,43);1-2H3/b28-10-,30-21+;. The average Bonchev–Trinajstić information content (AvgIpc) is 3.98. The van der Waals surface area contributed by atoms with Gasteiger partial charge in [0.2, 0.25) is 5.91 Å². The fourth-order valence-corrected chi connectivity index (χ4v) is 5.05. The number of ether oxygens (including phenoxy) is 1. The smallest absolute Gasteiger partial charge is 0.255 e. The Morgan fingerprint density at radius 3 is 2.35 bits per heavy atom. The highest BCUT2D eigenvalue weighted by Gasteiger charge is 2.30. The lowest BCUT2D eigenvalue weighted by atomic mass is 10.0. The number of nitrogens with one attached hydrogen (secondary N) is 3. The monoisotopic (exact) mass is 668 g/mol. The summed E-state index contributed by atoms with van der Waals surface area (Å²) in [4.78, 5) is 56.9. The third-order valence-corrected chi connectivity index (χ3v) is 7.78. The maximum absolute atomic E-state index is 13.2. The van der Waals surface area contributed by atoms with Gasteiger partial charge >= 0.3 is 0 Å². The van der Waals surface area contributed by atoms with Crippen LogP contribution in [0.2, 0.25) is 0 Å². The zero-order valence-electron chi connectivity index (χ0n) is 29.7. The summed E-state index contributed by atoms with van der Waals surface area (Å²) >= 11 is 0. The van der Waals surface area contributed by atoms with Gasteiger partial charge in [0.05, 0.1) is 30.6 Å². The van der Waals surface area contributed by atoms with E-state index >= 15 is 0 Å². The van der Waals surface area contributed by atoms with Crippen molar-refractivity contribution in [3.63, 3.8) is 0 Å². The normalized spacial score (nSPS) is 13.1. The number of methoxy groups -OCH3 is 1. The van der Waals surface area contributed by atoms with Crippen LogP contribution < -0.4 is 26.2 Å². The molecule has 0 aliphatic heterocycles. The molecule has 11 nitrogen and oxygen atoms in total. The first-order valence-electron chi connectivity index (χ1n) is 16.5. The number of aryl methyl sites for hydroxylation is 1. The highest BCUT2D eigenvalue weighted by molar-refractivity contribution is 6.08. The van der Waals surface area contributed by atoms with Crippen molar-refractivity contribution < 1.29 is 19.1 Å². The van der Waals surface area contributed by atoms with Crippen LogP contribution in [0.1, 0.15) is 56.0 Å². The Hall–Kier alpha value is -5.45. The zero-order valence-corrected chi connectivity index (χ0v) is 29.7. The summed E-state index contributed by atoms with van der Waals surface area (Å²) < 4.78 is 7.37. The van der Waals surface area contributed by atoms with Crippen molar-refractivity contribution in [3.05, 3.63) is 106 Å². The number of rotatable bonds is 12. The Morgan fingerprint density at radius 1 is 1.06 bits per heavy atom. The van der Waals surface area contributed by atoms with E-state index in [2.05, 4.69) is 20.9 Å². The molecule has 0 saturated heterocycles. The van der Waals surface area contributed by atoms with E-state index in [1.165, 1.54) is 9.47 Å². The summed E-state index contributed by atoms with van der Waals surface area (Å²) in [5.41, 5.74) is 3.80. The van der Waals surface area contributed by atoms with E-state index in [0.29, 0.717) is 46.1 Å². The number of pyridine rings is 1. The van der Waals surface area contributed by atoms with Gasteiger partial charge in [0, 0.05) is 63.1 Å². The summed E-state index contributed by atoms with van der Waals surface area (Å²) in [5, 5.41) is 8.91. The summed E-state index contributed by atoms with van der Waals surface area (Å²) in [7, 11) is 8.04. The van der Waals surface area contributed by atoms with Gasteiger partial charge in [0.15, 0.2) is 0 Å². The fourth-order valence-electron chi connectivity index (χ4n) is 5.05. The molecular formula is C38H48N6O5. The minimum atomic E-state index is -0.303. The number of amides is 3. The number of carbonyl (C=O) groups is 3. The molecule has 4 rings (SSSR count). The predicted octanol–water partition coefficient (Wildman–Crippen LogP) is 5.29. The van der Waals surface area contributed by atoms with Crippen LogP contribution >= 0.6 is 0 Å². The van der Waals surface area contributed by atoms with Crippen LogP contribution in [0.4, 0.5) is 5.69 Å². The fraction of sp³-hybridized carbons (Fsp3) is 0.342. The van der Waals surface area contributed by atoms with Crippen molar-refractivity contribution >= 4 is 29.2 Å². The highest BCUT2D eigenvalue weighted by Crippen LogP contribution is 2.38. The van der Waals surface area contributed by atoms with Crippen molar-refractivity contribution in [2.24, 2.45) is 18.0 Å². The molecule has 11 heteroatoms. The Labute approximate surface area is 288 Å². The number of likely N-dealkylation sites (N-methyl/N-ethyl adjacent to an activating group) is 1. The second-order valence-corrected chi connectivity index (χ2v) is 11.2. The van der Waals surface area contributed by atoms with E-state index in [0.717, 1.165) is 24.0 Å². The van der Waals surface area contributed by atoms with Gasteiger partial charge in [-0.15, -0.1) is 0 Å². The van der Waals surface area contributed by atoms with E-state index in [1.807, 2.05) is 51.1 Å². The van der Waals surface area contributed by atoms with Crippen LogP contribution in [0.15, 0.2) is 94.0 Å². The van der Waals surface area contributed by atoms with Crippen LogP contribution in [0.5, 0.6) is 5.75 Å². The molecule has 1 saturated carbocycles. The maximum atomic E-state index is 13.2. The van der Waals surface area contributed by atoms with Gasteiger partial charge in [0.1, 0.15) is 11.6 Å². The van der Waals surface area contributed by atoms with Gasteiger partial charge in [-0.2, -0.15) is 0 Å². The van der Waals surface area contributed by atoms with E-state index < -0.39 is 0 Å². The molecule has 0 spiro atoms. The third kappa shape index (κ3) is 9.79. The number of hydrogen-bond donors (Lipinski definition) is 3. The molecule has 1 aromatic heterocycles. The topological polar surface area (TPSA) is 134 Å². The largest absolute Gasteiger partial charge is 0.494 e. The Kier molecular flexibility index (Phi) is 14.1.